The molecule has 2 rings (SSSR count). The van der Waals surface area contributed by atoms with Gasteiger partial charge < -0.3 is 5.73 Å². The number of aromatic nitrogens is 2. The molecule has 90 valence electrons. The van der Waals surface area contributed by atoms with E-state index in [0.717, 1.165) is 24.5 Å². The fourth-order valence-electron chi connectivity index (χ4n) is 2.76. The van der Waals surface area contributed by atoms with E-state index in [1.165, 1.54) is 24.8 Å². The van der Waals surface area contributed by atoms with Gasteiger partial charge in [0.2, 0.25) is 0 Å². The van der Waals surface area contributed by atoms with Crippen molar-refractivity contribution in [3.8, 4) is 0 Å². The molecule has 3 nitrogen and oxygen atoms in total. The Hall–Kier alpha value is -0.540. The Balaban J connectivity index is 2.35. The van der Waals surface area contributed by atoms with Gasteiger partial charge in [-0.2, -0.15) is 5.10 Å². The predicted octanol–water partition coefficient (Wildman–Crippen LogP) is 2.72. The molecule has 0 spiro atoms. The van der Waals surface area contributed by atoms with Crippen LogP contribution in [0, 0.1) is 0 Å². The molecule has 1 aliphatic rings. The highest BCUT2D eigenvalue weighted by Crippen LogP contribution is 2.41. The van der Waals surface area contributed by atoms with Crippen molar-refractivity contribution in [2.75, 3.05) is 6.54 Å². The molecule has 16 heavy (non-hydrogen) atoms. The molecule has 0 bridgehead atoms. The molecule has 1 saturated carbocycles. The minimum absolute atomic E-state index is 0.0861. The van der Waals surface area contributed by atoms with Crippen molar-refractivity contribution in [2.24, 2.45) is 5.73 Å². The number of halogens is 1. The summed E-state index contributed by atoms with van der Waals surface area (Å²) in [6, 6.07) is 0. The molecule has 1 aromatic heterocycles. The zero-order valence-electron chi connectivity index (χ0n) is 9.88. The first kappa shape index (κ1) is 11.9. The van der Waals surface area contributed by atoms with E-state index in [1.54, 1.807) is 0 Å². The monoisotopic (exact) mass is 241 g/mol. The predicted molar refractivity (Wildman–Crippen MR) is 66.7 cm³/mol. The van der Waals surface area contributed by atoms with Crippen LogP contribution in [-0.2, 0) is 12.0 Å². The van der Waals surface area contributed by atoms with Gasteiger partial charge in [-0.25, -0.2) is 0 Å². The number of hydrogen-bond donors (Lipinski definition) is 1. The van der Waals surface area contributed by atoms with Crippen LogP contribution in [0.3, 0.4) is 0 Å². The second-order valence-electron chi connectivity index (χ2n) is 4.71. The van der Waals surface area contributed by atoms with Crippen LogP contribution in [-0.4, -0.2) is 16.3 Å². The second-order valence-corrected chi connectivity index (χ2v) is 5.07. The van der Waals surface area contributed by atoms with E-state index in [0.29, 0.717) is 6.54 Å². The maximum Gasteiger partial charge on any atom is 0.130 e. The lowest BCUT2D eigenvalue weighted by atomic mass is 9.70. The lowest BCUT2D eigenvalue weighted by Gasteiger charge is -2.35. The van der Waals surface area contributed by atoms with E-state index in [4.69, 9.17) is 17.3 Å². The summed E-state index contributed by atoms with van der Waals surface area (Å²) in [5, 5.41) is 5.12. The topological polar surface area (TPSA) is 43.8 Å². The van der Waals surface area contributed by atoms with Gasteiger partial charge in [0.25, 0.3) is 0 Å². The van der Waals surface area contributed by atoms with E-state index >= 15 is 0 Å². The molecule has 0 unspecified atom stereocenters. The summed E-state index contributed by atoms with van der Waals surface area (Å²) >= 11 is 6.37. The Labute approximate surface area is 102 Å². The highest BCUT2D eigenvalue weighted by molar-refractivity contribution is 6.30. The Kier molecular flexibility index (Phi) is 3.55. The summed E-state index contributed by atoms with van der Waals surface area (Å²) in [5.74, 6) is 0. The lowest BCUT2D eigenvalue weighted by molar-refractivity contribution is 0.300. The molecule has 4 heteroatoms. The smallest absolute Gasteiger partial charge is 0.130 e. The molecule has 0 amide bonds. The zero-order chi connectivity index (χ0) is 11.6. The van der Waals surface area contributed by atoms with Crippen LogP contribution in [0.15, 0.2) is 6.20 Å². The summed E-state index contributed by atoms with van der Waals surface area (Å²) in [4.78, 5) is 0. The van der Waals surface area contributed by atoms with Crippen molar-refractivity contribution >= 4 is 11.6 Å². The van der Waals surface area contributed by atoms with Crippen LogP contribution < -0.4 is 5.73 Å². The molecule has 0 radical (unpaired) electrons. The zero-order valence-corrected chi connectivity index (χ0v) is 10.6. The van der Waals surface area contributed by atoms with Crippen LogP contribution in [0.4, 0.5) is 0 Å². The van der Waals surface area contributed by atoms with Gasteiger partial charge in [0, 0.05) is 24.1 Å². The van der Waals surface area contributed by atoms with Crippen LogP contribution in [0.1, 0.15) is 44.6 Å². The highest BCUT2D eigenvalue weighted by Gasteiger charge is 2.35. The number of rotatable bonds is 3. The van der Waals surface area contributed by atoms with Gasteiger partial charge in [0.15, 0.2) is 0 Å². The van der Waals surface area contributed by atoms with E-state index in [1.807, 2.05) is 10.9 Å². The van der Waals surface area contributed by atoms with Crippen molar-refractivity contribution in [1.29, 1.82) is 0 Å². The van der Waals surface area contributed by atoms with Crippen molar-refractivity contribution in [1.82, 2.24) is 9.78 Å². The first-order valence-corrected chi connectivity index (χ1v) is 6.53. The maximum atomic E-state index is 6.37. The van der Waals surface area contributed by atoms with E-state index < -0.39 is 0 Å². The molecule has 0 aliphatic heterocycles. The number of hydrogen-bond acceptors (Lipinski definition) is 2. The standard InChI is InChI=1S/C12H20ClN3/c1-2-16-11(13)10(8-15-16)12(9-14)6-4-3-5-7-12/h8H,2-7,9,14H2,1H3. The van der Waals surface area contributed by atoms with E-state index in [2.05, 4.69) is 12.0 Å². The van der Waals surface area contributed by atoms with Crippen molar-refractivity contribution in [3.63, 3.8) is 0 Å². The quantitative estimate of drug-likeness (QED) is 0.885. The molecular formula is C12H20ClN3. The van der Waals surface area contributed by atoms with Gasteiger partial charge in [-0.3, -0.25) is 4.68 Å². The number of nitrogens with two attached hydrogens (primary N) is 1. The summed E-state index contributed by atoms with van der Waals surface area (Å²) in [5.41, 5.74) is 7.25. The Morgan fingerprint density at radius 1 is 1.44 bits per heavy atom. The van der Waals surface area contributed by atoms with Crippen LogP contribution in [0.25, 0.3) is 0 Å². The van der Waals surface area contributed by atoms with Gasteiger partial charge in [-0.05, 0) is 19.8 Å². The molecular weight excluding hydrogens is 222 g/mol. The maximum absolute atomic E-state index is 6.37. The molecule has 2 N–H and O–H groups in total. The average molecular weight is 242 g/mol. The van der Waals surface area contributed by atoms with Crippen molar-refractivity contribution in [2.45, 2.75) is 51.0 Å². The molecule has 1 fully saturated rings. The lowest BCUT2D eigenvalue weighted by Crippen LogP contribution is -2.37. The third-order valence-electron chi connectivity index (χ3n) is 3.85. The Morgan fingerprint density at radius 3 is 2.62 bits per heavy atom. The van der Waals surface area contributed by atoms with Gasteiger partial charge in [-0.1, -0.05) is 30.9 Å². The first-order valence-electron chi connectivity index (χ1n) is 6.15. The normalized spacial score (nSPS) is 19.9. The first-order chi connectivity index (χ1) is 7.73. The fraction of sp³-hybridized carbons (Fsp3) is 0.750. The molecule has 0 atom stereocenters. The third-order valence-corrected chi connectivity index (χ3v) is 4.25. The van der Waals surface area contributed by atoms with Crippen molar-refractivity contribution < 1.29 is 0 Å². The summed E-state index contributed by atoms with van der Waals surface area (Å²) in [6.07, 6.45) is 8.05. The summed E-state index contributed by atoms with van der Waals surface area (Å²) < 4.78 is 1.85. The molecule has 1 heterocycles. The largest absolute Gasteiger partial charge is 0.330 e. The van der Waals surface area contributed by atoms with E-state index in [9.17, 15) is 0 Å². The average Bonchev–Trinajstić information content (AvgIpc) is 2.72. The number of aryl methyl sites for hydroxylation is 1. The molecule has 1 aliphatic carbocycles. The Morgan fingerprint density at radius 2 is 2.12 bits per heavy atom. The van der Waals surface area contributed by atoms with E-state index in [-0.39, 0.29) is 5.41 Å². The Bertz CT molecular complexity index is 353. The summed E-state index contributed by atoms with van der Waals surface area (Å²) in [7, 11) is 0. The SMILES string of the molecule is CCn1ncc(C2(CN)CCCCC2)c1Cl. The highest BCUT2D eigenvalue weighted by atomic mass is 35.5. The number of nitrogens with zero attached hydrogens (tertiary/aromatic N) is 2. The van der Waals surface area contributed by atoms with Gasteiger partial charge >= 0.3 is 0 Å². The third kappa shape index (κ3) is 1.87. The molecule has 0 saturated heterocycles. The second kappa shape index (κ2) is 4.76. The van der Waals surface area contributed by atoms with Gasteiger partial charge in [0.1, 0.15) is 5.15 Å². The fourth-order valence-corrected chi connectivity index (χ4v) is 3.17. The van der Waals surface area contributed by atoms with Crippen LogP contribution in [0.5, 0.6) is 0 Å². The minimum Gasteiger partial charge on any atom is -0.330 e. The minimum atomic E-state index is 0.0861. The molecule has 0 aromatic carbocycles. The summed E-state index contributed by atoms with van der Waals surface area (Å²) in [6.45, 7) is 3.56. The van der Waals surface area contributed by atoms with Gasteiger partial charge in [0.05, 0.1) is 6.20 Å². The molecule has 1 aromatic rings. The van der Waals surface area contributed by atoms with Crippen molar-refractivity contribution in [3.05, 3.63) is 16.9 Å². The van der Waals surface area contributed by atoms with Crippen LogP contribution in [0.2, 0.25) is 5.15 Å². The van der Waals surface area contributed by atoms with Gasteiger partial charge in [-0.15, -0.1) is 0 Å². The van der Waals surface area contributed by atoms with Crippen LogP contribution >= 0.6 is 11.6 Å².